The Bertz CT molecular complexity index is 1130. The molecule has 7 heteroatoms. The van der Waals surface area contributed by atoms with Crippen molar-refractivity contribution in [1.82, 2.24) is 19.7 Å². The van der Waals surface area contributed by atoms with Crippen LogP contribution in [0.5, 0.6) is 0 Å². The number of imidazole rings is 1. The van der Waals surface area contributed by atoms with Gasteiger partial charge in [-0.1, -0.05) is 54.2 Å². The first kappa shape index (κ1) is 16.8. The second kappa shape index (κ2) is 7.01. The van der Waals surface area contributed by atoms with Gasteiger partial charge < -0.3 is 9.88 Å². The van der Waals surface area contributed by atoms with Crippen molar-refractivity contribution in [3.63, 3.8) is 0 Å². The zero-order chi connectivity index (χ0) is 18.9. The van der Waals surface area contributed by atoms with Crippen LogP contribution in [0.15, 0.2) is 72.0 Å². The number of aryl methyl sites for hydroxylation is 1. The van der Waals surface area contributed by atoms with Gasteiger partial charge in [0, 0.05) is 35.3 Å². The van der Waals surface area contributed by atoms with Crippen LogP contribution in [0, 0.1) is 0 Å². The summed E-state index contributed by atoms with van der Waals surface area (Å²) in [5, 5.41) is 11.0. The number of hydrogen-bond acceptors (Lipinski definition) is 4. The van der Waals surface area contributed by atoms with Crippen molar-refractivity contribution in [1.29, 1.82) is 0 Å². The quantitative estimate of drug-likeness (QED) is 0.547. The van der Waals surface area contributed by atoms with Gasteiger partial charge in [0.2, 0.25) is 0 Å². The molecule has 2 aromatic carbocycles. The number of aromatic nitrogens is 4. The maximum absolute atomic E-state index is 12.6. The molecule has 4 aromatic rings. The van der Waals surface area contributed by atoms with Gasteiger partial charge in [-0.2, -0.15) is 5.10 Å². The van der Waals surface area contributed by atoms with E-state index >= 15 is 0 Å². The van der Waals surface area contributed by atoms with Crippen LogP contribution in [0.4, 0.5) is 5.69 Å². The molecule has 2 aromatic heterocycles. The maximum atomic E-state index is 12.6. The Hall–Kier alpha value is -3.32. The van der Waals surface area contributed by atoms with Gasteiger partial charge in [-0.25, -0.2) is 4.98 Å². The molecule has 0 unspecified atom stereocenters. The number of amides is 1. The Morgan fingerprint density at radius 2 is 1.89 bits per heavy atom. The van der Waals surface area contributed by atoms with Crippen LogP contribution in [0.1, 0.15) is 10.5 Å². The van der Waals surface area contributed by atoms with E-state index in [4.69, 9.17) is 0 Å². The summed E-state index contributed by atoms with van der Waals surface area (Å²) in [6, 6.07) is 19.2. The molecule has 0 saturated carbocycles. The van der Waals surface area contributed by atoms with E-state index in [0.29, 0.717) is 5.69 Å². The molecule has 2 N–H and O–H groups in total. The molecule has 5 rings (SSSR count). The lowest BCUT2D eigenvalue weighted by Crippen LogP contribution is -2.12. The SMILES string of the molecule is O=C(Nc1cccc(-c2cn3c(n2)SCC3)c1)c1cc(-c2ccccc2)n[nH]1. The number of H-pyrrole nitrogens is 1. The summed E-state index contributed by atoms with van der Waals surface area (Å²) in [4.78, 5) is 17.3. The van der Waals surface area contributed by atoms with Gasteiger partial charge >= 0.3 is 0 Å². The molecule has 0 aliphatic carbocycles. The van der Waals surface area contributed by atoms with E-state index in [1.807, 2.05) is 54.6 Å². The monoisotopic (exact) mass is 387 g/mol. The van der Waals surface area contributed by atoms with Crippen LogP contribution in [-0.4, -0.2) is 31.4 Å². The molecule has 0 atom stereocenters. The van der Waals surface area contributed by atoms with E-state index in [9.17, 15) is 4.79 Å². The van der Waals surface area contributed by atoms with E-state index in [-0.39, 0.29) is 5.91 Å². The number of rotatable bonds is 4. The van der Waals surface area contributed by atoms with Gasteiger partial charge in [0.15, 0.2) is 5.16 Å². The number of nitrogens with one attached hydrogen (secondary N) is 2. The molecule has 0 bridgehead atoms. The van der Waals surface area contributed by atoms with Gasteiger partial charge in [-0.3, -0.25) is 9.89 Å². The molecule has 1 aliphatic heterocycles. The number of carbonyl (C=O) groups is 1. The fourth-order valence-electron chi connectivity index (χ4n) is 3.20. The molecule has 6 nitrogen and oxygen atoms in total. The van der Waals surface area contributed by atoms with Crippen LogP contribution in [0.25, 0.3) is 22.5 Å². The summed E-state index contributed by atoms with van der Waals surface area (Å²) in [6.45, 7) is 0.993. The lowest BCUT2D eigenvalue weighted by Gasteiger charge is -2.05. The number of benzene rings is 2. The Balaban J connectivity index is 1.35. The minimum absolute atomic E-state index is 0.227. The molecule has 0 radical (unpaired) electrons. The summed E-state index contributed by atoms with van der Waals surface area (Å²) < 4.78 is 2.17. The largest absolute Gasteiger partial charge is 0.325 e. The highest BCUT2D eigenvalue weighted by molar-refractivity contribution is 7.99. The number of thioether (sulfide) groups is 1. The fraction of sp³-hybridized carbons (Fsp3) is 0.0952. The minimum Gasteiger partial charge on any atom is -0.325 e. The lowest BCUT2D eigenvalue weighted by molar-refractivity contribution is 0.102. The number of carbonyl (C=O) groups excluding carboxylic acids is 1. The van der Waals surface area contributed by atoms with Gasteiger partial charge in [-0.15, -0.1) is 0 Å². The van der Waals surface area contributed by atoms with E-state index < -0.39 is 0 Å². The van der Waals surface area contributed by atoms with Gasteiger partial charge in [0.05, 0.1) is 11.4 Å². The molecule has 1 aliphatic rings. The average molecular weight is 387 g/mol. The maximum Gasteiger partial charge on any atom is 0.273 e. The highest BCUT2D eigenvalue weighted by Crippen LogP contribution is 2.30. The third kappa shape index (κ3) is 3.20. The number of aromatic amines is 1. The fourth-order valence-corrected chi connectivity index (χ4v) is 4.14. The predicted octanol–water partition coefficient (Wildman–Crippen LogP) is 4.30. The number of nitrogens with zero attached hydrogens (tertiary/aromatic N) is 3. The lowest BCUT2D eigenvalue weighted by atomic mass is 10.1. The predicted molar refractivity (Wildman–Crippen MR) is 110 cm³/mol. The van der Waals surface area contributed by atoms with Gasteiger partial charge in [0.25, 0.3) is 5.91 Å². The van der Waals surface area contributed by atoms with E-state index in [1.54, 1.807) is 17.8 Å². The number of fused-ring (bicyclic) bond motifs is 1. The van der Waals surface area contributed by atoms with Crippen LogP contribution < -0.4 is 5.32 Å². The molecule has 0 spiro atoms. The van der Waals surface area contributed by atoms with E-state index in [0.717, 1.165) is 45.7 Å². The molecular formula is C21H17N5OS. The van der Waals surface area contributed by atoms with Crippen LogP contribution in [0.3, 0.4) is 0 Å². The average Bonchev–Trinajstić information content (AvgIpc) is 3.45. The number of anilines is 1. The van der Waals surface area contributed by atoms with Crippen molar-refractivity contribution >= 4 is 23.4 Å². The molecule has 138 valence electrons. The molecule has 28 heavy (non-hydrogen) atoms. The topological polar surface area (TPSA) is 75.6 Å². The molecule has 1 amide bonds. The van der Waals surface area contributed by atoms with Crippen molar-refractivity contribution in [2.75, 3.05) is 11.1 Å². The third-order valence-corrected chi connectivity index (χ3v) is 5.58. The van der Waals surface area contributed by atoms with Gasteiger partial charge in [-0.05, 0) is 18.2 Å². The first-order chi connectivity index (χ1) is 13.8. The molecule has 3 heterocycles. The van der Waals surface area contributed by atoms with E-state index in [1.165, 1.54) is 0 Å². The smallest absolute Gasteiger partial charge is 0.273 e. The Labute approximate surface area is 166 Å². The van der Waals surface area contributed by atoms with Crippen molar-refractivity contribution in [3.8, 4) is 22.5 Å². The Morgan fingerprint density at radius 1 is 1.04 bits per heavy atom. The zero-order valence-electron chi connectivity index (χ0n) is 14.9. The normalized spacial score (nSPS) is 12.7. The summed E-state index contributed by atoms with van der Waals surface area (Å²) in [5.74, 6) is 0.850. The van der Waals surface area contributed by atoms with E-state index in [2.05, 4.69) is 31.3 Å². The standard InChI is InChI=1S/C21H17N5OS/c27-20(18-12-17(24-25-18)14-5-2-1-3-6-14)22-16-8-4-7-15(11-16)19-13-26-9-10-28-21(26)23-19/h1-8,11-13H,9-10H2,(H,22,27)(H,24,25). The Kier molecular flexibility index (Phi) is 4.21. The highest BCUT2D eigenvalue weighted by Gasteiger charge is 2.16. The molecule has 0 fully saturated rings. The first-order valence-corrected chi connectivity index (χ1v) is 9.97. The summed E-state index contributed by atoms with van der Waals surface area (Å²) in [5.41, 5.74) is 4.75. The van der Waals surface area contributed by atoms with Gasteiger partial charge in [0.1, 0.15) is 5.69 Å². The first-order valence-electron chi connectivity index (χ1n) is 8.99. The Morgan fingerprint density at radius 3 is 2.75 bits per heavy atom. The summed E-state index contributed by atoms with van der Waals surface area (Å²) >= 11 is 1.77. The van der Waals surface area contributed by atoms with Crippen LogP contribution in [0.2, 0.25) is 0 Å². The minimum atomic E-state index is -0.227. The second-order valence-corrected chi connectivity index (χ2v) is 7.58. The van der Waals surface area contributed by atoms with Crippen LogP contribution in [-0.2, 0) is 6.54 Å². The van der Waals surface area contributed by atoms with Crippen molar-refractivity contribution < 1.29 is 4.79 Å². The highest BCUT2D eigenvalue weighted by atomic mass is 32.2. The molecular weight excluding hydrogens is 370 g/mol. The summed E-state index contributed by atoms with van der Waals surface area (Å²) in [6.07, 6.45) is 2.07. The van der Waals surface area contributed by atoms with Crippen LogP contribution >= 0.6 is 11.8 Å². The van der Waals surface area contributed by atoms with Crippen molar-refractivity contribution in [2.45, 2.75) is 11.7 Å². The third-order valence-electron chi connectivity index (χ3n) is 4.61. The van der Waals surface area contributed by atoms with Crippen molar-refractivity contribution in [3.05, 3.63) is 72.6 Å². The van der Waals surface area contributed by atoms with Crippen molar-refractivity contribution in [2.24, 2.45) is 0 Å². The number of hydrogen-bond donors (Lipinski definition) is 2. The zero-order valence-corrected chi connectivity index (χ0v) is 15.7. The molecule has 0 saturated heterocycles. The second-order valence-electron chi connectivity index (χ2n) is 6.52. The summed E-state index contributed by atoms with van der Waals surface area (Å²) in [7, 11) is 0.